The van der Waals surface area contributed by atoms with Crippen LogP contribution in [0.1, 0.15) is 32.1 Å². The molecule has 1 aliphatic carbocycles. The summed E-state index contributed by atoms with van der Waals surface area (Å²) in [5, 5.41) is 0. The molecule has 1 aromatic carbocycles. The van der Waals surface area contributed by atoms with Crippen LogP contribution in [-0.4, -0.2) is 26.5 Å². The quantitative estimate of drug-likeness (QED) is 0.818. The summed E-state index contributed by atoms with van der Waals surface area (Å²) in [5.74, 6) is 1.93. The summed E-state index contributed by atoms with van der Waals surface area (Å²) in [6, 6.07) is 8.25. The van der Waals surface area contributed by atoms with Gasteiger partial charge in [0.25, 0.3) is 0 Å². The lowest BCUT2D eigenvalue weighted by Crippen LogP contribution is -2.39. The predicted octanol–water partition coefficient (Wildman–Crippen LogP) is 4.01. The monoisotopic (exact) mass is 279 g/mol. The summed E-state index contributed by atoms with van der Waals surface area (Å²) < 4.78 is 5.46. The van der Waals surface area contributed by atoms with Crippen LogP contribution in [0.5, 0.6) is 5.75 Å². The van der Waals surface area contributed by atoms with E-state index in [0.29, 0.717) is 5.41 Å². The van der Waals surface area contributed by atoms with Gasteiger partial charge in [-0.3, -0.25) is 0 Å². The number of para-hydroxylation sites is 2. The van der Waals surface area contributed by atoms with E-state index in [2.05, 4.69) is 36.7 Å². The highest BCUT2D eigenvalue weighted by atomic mass is 32.1. The van der Waals surface area contributed by atoms with Crippen LogP contribution in [0.4, 0.5) is 5.69 Å². The summed E-state index contributed by atoms with van der Waals surface area (Å²) >= 11 is 4.63. The smallest absolute Gasteiger partial charge is 0.142 e. The van der Waals surface area contributed by atoms with Gasteiger partial charge >= 0.3 is 0 Å². The van der Waals surface area contributed by atoms with Crippen LogP contribution in [0.15, 0.2) is 24.3 Å². The van der Waals surface area contributed by atoms with E-state index < -0.39 is 0 Å². The second kappa shape index (κ2) is 6.56. The van der Waals surface area contributed by atoms with Crippen molar-refractivity contribution < 1.29 is 4.74 Å². The van der Waals surface area contributed by atoms with Crippen LogP contribution in [-0.2, 0) is 0 Å². The standard InChI is InChI=1S/C16H25NOS/c1-17(14-8-4-5-9-15(14)18-2)12-16(13-19)10-6-3-7-11-16/h4-5,8-9,19H,3,6-7,10-13H2,1-2H3. The molecule has 19 heavy (non-hydrogen) atoms. The molecule has 2 nitrogen and oxygen atoms in total. The third-order valence-corrected chi connectivity index (χ3v) is 4.99. The maximum Gasteiger partial charge on any atom is 0.142 e. The lowest BCUT2D eigenvalue weighted by Gasteiger charge is -2.40. The summed E-state index contributed by atoms with van der Waals surface area (Å²) in [6.07, 6.45) is 6.68. The van der Waals surface area contributed by atoms with E-state index in [1.807, 2.05) is 12.1 Å². The Morgan fingerprint density at radius 1 is 1.21 bits per heavy atom. The third-order valence-electron chi connectivity index (χ3n) is 4.32. The molecule has 0 saturated heterocycles. The fraction of sp³-hybridized carbons (Fsp3) is 0.625. The van der Waals surface area contributed by atoms with E-state index in [1.54, 1.807) is 7.11 Å². The summed E-state index contributed by atoms with van der Waals surface area (Å²) in [7, 11) is 3.90. The number of rotatable bonds is 5. The van der Waals surface area contributed by atoms with Gasteiger partial charge in [0, 0.05) is 13.6 Å². The van der Waals surface area contributed by atoms with Gasteiger partial charge in [-0.05, 0) is 36.1 Å². The van der Waals surface area contributed by atoms with Crippen molar-refractivity contribution in [1.82, 2.24) is 0 Å². The molecule has 0 N–H and O–H groups in total. The minimum Gasteiger partial charge on any atom is -0.495 e. The molecule has 0 amide bonds. The van der Waals surface area contributed by atoms with E-state index in [1.165, 1.54) is 37.8 Å². The normalized spacial score (nSPS) is 18.1. The Labute approximate surface area is 122 Å². The summed E-state index contributed by atoms with van der Waals surface area (Å²) in [6.45, 7) is 1.07. The minimum atomic E-state index is 0.372. The first-order valence-corrected chi connectivity index (χ1v) is 7.79. The molecule has 1 aliphatic rings. The van der Waals surface area contributed by atoms with Crippen molar-refractivity contribution >= 4 is 18.3 Å². The molecular formula is C16H25NOS. The lowest BCUT2D eigenvalue weighted by atomic mass is 9.75. The zero-order valence-corrected chi connectivity index (χ0v) is 13.0. The lowest BCUT2D eigenvalue weighted by molar-refractivity contribution is 0.230. The fourth-order valence-electron chi connectivity index (χ4n) is 3.20. The largest absolute Gasteiger partial charge is 0.495 e. The van der Waals surface area contributed by atoms with Gasteiger partial charge in [0.2, 0.25) is 0 Å². The number of ether oxygens (including phenoxy) is 1. The second-order valence-electron chi connectivity index (χ2n) is 5.75. The first-order valence-electron chi connectivity index (χ1n) is 7.16. The van der Waals surface area contributed by atoms with Crippen LogP contribution < -0.4 is 9.64 Å². The highest BCUT2D eigenvalue weighted by Gasteiger charge is 2.32. The molecule has 0 unspecified atom stereocenters. The molecule has 0 atom stereocenters. The Bertz CT molecular complexity index is 401. The van der Waals surface area contributed by atoms with Crippen LogP contribution in [0, 0.1) is 5.41 Å². The highest BCUT2D eigenvalue weighted by molar-refractivity contribution is 7.80. The molecule has 2 rings (SSSR count). The number of hydrogen-bond acceptors (Lipinski definition) is 3. The molecule has 0 aromatic heterocycles. The van der Waals surface area contributed by atoms with Gasteiger partial charge in [-0.1, -0.05) is 31.4 Å². The fourth-order valence-corrected chi connectivity index (χ4v) is 3.62. The van der Waals surface area contributed by atoms with Crippen molar-refractivity contribution in [3.8, 4) is 5.75 Å². The molecule has 0 spiro atoms. The predicted molar refractivity (Wildman–Crippen MR) is 85.6 cm³/mol. The number of thiol groups is 1. The Balaban J connectivity index is 2.12. The van der Waals surface area contributed by atoms with Gasteiger partial charge in [0.05, 0.1) is 12.8 Å². The Morgan fingerprint density at radius 3 is 2.53 bits per heavy atom. The van der Waals surface area contributed by atoms with E-state index in [0.717, 1.165) is 18.0 Å². The van der Waals surface area contributed by atoms with Gasteiger partial charge in [0.15, 0.2) is 0 Å². The molecule has 1 aromatic rings. The maximum absolute atomic E-state index is 5.46. The van der Waals surface area contributed by atoms with Crippen molar-refractivity contribution in [3.05, 3.63) is 24.3 Å². The number of nitrogens with zero attached hydrogens (tertiary/aromatic N) is 1. The molecule has 3 heteroatoms. The SMILES string of the molecule is COc1ccccc1N(C)CC1(CS)CCCCC1. The summed E-state index contributed by atoms with van der Waals surface area (Å²) in [4.78, 5) is 2.33. The van der Waals surface area contributed by atoms with Crippen molar-refractivity contribution in [3.63, 3.8) is 0 Å². The topological polar surface area (TPSA) is 12.5 Å². The number of hydrogen-bond donors (Lipinski definition) is 1. The van der Waals surface area contributed by atoms with Gasteiger partial charge in [-0.15, -0.1) is 0 Å². The molecule has 1 fully saturated rings. The Morgan fingerprint density at radius 2 is 1.89 bits per heavy atom. The van der Waals surface area contributed by atoms with Gasteiger partial charge in [0.1, 0.15) is 5.75 Å². The molecule has 1 saturated carbocycles. The molecule has 0 heterocycles. The molecule has 0 aliphatic heterocycles. The first kappa shape index (κ1) is 14.6. The highest BCUT2D eigenvalue weighted by Crippen LogP contribution is 2.39. The van der Waals surface area contributed by atoms with E-state index in [4.69, 9.17) is 4.74 Å². The van der Waals surface area contributed by atoms with Crippen LogP contribution in [0.2, 0.25) is 0 Å². The second-order valence-corrected chi connectivity index (χ2v) is 6.06. The Kier molecular flexibility index (Phi) is 5.03. The van der Waals surface area contributed by atoms with Crippen LogP contribution in [0.25, 0.3) is 0 Å². The number of methoxy groups -OCH3 is 1. The van der Waals surface area contributed by atoms with Crippen molar-refractivity contribution in [2.24, 2.45) is 5.41 Å². The maximum atomic E-state index is 5.46. The van der Waals surface area contributed by atoms with Crippen molar-refractivity contribution in [2.45, 2.75) is 32.1 Å². The average Bonchev–Trinajstić information content (AvgIpc) is 2.48. The Hall–Kier alpha value is -0.830. The van der Waals surface area contributed by atoms with Crippen molar-refractivity contribution in [1.29, 1.82) is 0 Å². The molecule has 106 valence electrons. The van der Waals surface area contributed by atoms with Crippen LogP contribution >= 0.6 is 12.6 Å². The molecule has 0 bridgehead atoms. The molecule has 0 radical (unpaired) electrons. The average molecular weight is 279 g/mol. The first-order chi connectivity index (χ1) is 9.21. The van der Waals surface area contributed by atoms with E-state index in [-0.39, 0.29) is 0 Å². The van der Waals surface area contributed by atoms with Gasteiger partial charge < -0.3 is 9.64 Å². The summed E-state index contributed by atoms with van der Waals surface area (Å²) in [5.41, 5.74) is 1.55. The van der Waals surface area contributed by atoms with E-state index >= 15 is 0 Å². The van der Waals surface area contributed by atoms with E-state index in [9.17, 15) is 0 Å². The zero-order valence-electron chi connectivity index (χ0n) is 12.1. The number of benzene rings is 1. The van der Waals surface area contributed by atoms with Crippen LogP contribution in [0.3, 0.4) is 0 Å². The molecular weight excluding hydrogens is 254 g/mol. The van der Waals surface area contributed by atoms with Crippen molar-refractivity contribution in [2.75, 3.05) is 31.4 Å². The zero-order chi connectivity index (χ0) is 13.7. The number of anilines is 1. The van der Waals surface area contributed by atoms with Gasteiger partial charge in [-0.25, -0.2) is 0 Å². The van der Waals surface area contributed by atoms with Gasteiger partial charge in [-0.2, -0.15) is 12.6 Å². The minimum absolute atomic E-state index is 0.372. The third kappa shape index (κ3) is 3.38.